The molecule has 0 unspecified atom stereocenters. The van der Waals surface area contributed by atoms with E-state index < -0.39 is 0 Å². The maximum absolute atomic E-state index is 6.16. The largest absolute Gasteiger partial charge is 0.456 e. The first kappa shape index (κ1) is 14.7. The summed E-state index contributed by atoms with van der Waals surface area (Å²) in [6, 6.07) is 5.81. The Morgan fingerprint density at radius 3 is 2.45 bits per heavy atom. The van der Waals surface area contributed by atoms with E-state index in [2.05, 4.69) is 17.2 Å². The molecule has 0 radical (unpaired) electrons. The van der Waals surface area contributed by atoms with Crippen LogP contribution in [0.2, 0.25) is 5.02 Å². The number of rotatable bonds is 5. The highest BCUT2D eigenvalue weighted by Gasteiger charge is 2.05. The zero-order valence-electron chi connectivity index (χ0n) is 12.0. The minimum absolute atomic E-state index is 0.715. The third-order valence-electron chi connectivity index (χ3n) is 2.94. The smallest absolute Gasteiger partial charge is 0.147 e. The number of hydrogen-bond acceptors (Lipinski definition) is 3. The summed E-state index contributed by atoms with van der Waals surface area (Å²) in [4.78, 5) is 4.18. The predicted molar refractivity (Wildman–Crippen MR) is 84.0 cm³/mol. The van der Waals surface area contributed by atoms with Gasteiger partial charge in [-0.05, 0) is 43.5 Å². The van der Waals surface area contributed by atoms with Gasteiger partial charge < -0.3 is 10.1 Å². The van der Waals surface area contributed by atoms with Crippen LogP contribution in [-0.4, -0.2) is 11.5 Å². The Morgan fingerprint density at radius 1 is 1.10 bits per heavy atom. The van der Waals surface area contributed by atoms with Crippen LogP contribution in [0, 0.1) is 13.8 Å². The Bertz CT molecular complexity index is 576. The highest BCUT2D eigenvalue weighted by molar-refractivity contribution is 6.32. The van der Waals surface area contributed by atoms with Crippen LogP contribution < -0.4 is 10.1 Å². The summed E-state index contributed by atoms with van der Waals surface area (Å²) in [7, 11) is 0. The lowest BCUT2D eigenvalue weighted by Gasteiger charge is -2.11. The number of halogens is 1. The molecular formula is C16H19ClN2O. The van der Waals surface area contributed by atoms with Gasteiger partial charge in [0.2, 0.25) is 0 Å². The molecule has 0 aliphatic carbocycles. The van der Waals surface area contributed by atoms with Gasteiger partial charge in [-0.1, -0.05) is 18.5 Å². The second-order valence-electron chi connectivity index (χ2n) is 4.81. The lowest BCUT2D eigenvalue weighted by atomic mass is 10.1. The molecule has 2 aromatic rings. The van der Waals surface area contributed by atoms with E-state index in [9.17, 15) is 0 Å². The molecule has 0 saturated heterocycles. The van der Waals surface area contributed by atoms with E-state index in [1.54, 1.807) is 12.4 Å². The zero-order chi connectivity index (χ0) is 14.5. The third-order valence-corrected chi connectivity index (χ3v) is 3.53. The number of nitrogens with one attached hydrogen (secondary N) is 1. The van der Waals surface area contributed by atoms with Gasteiger partial charge in [0.25, 0.3) is 0 Å². The van der Waals surface area contributed by atoms with Crippen molar-refractivity contribution in [2.45, 2.75) is 27.2 Å². The van der Waals surface area contributed by atoms with Crippen molar-refractivity contribution in [1.82, 2.24) is 4.98 Å². The van der Waals surface area contributed by atoms with Crippen LogP contribution in [-0.2, 0) is 0 Å². The van der Waals surface area contributed by atoms with Gasteiger partial charge in [0, 0.05) is 17.6 Å². The Balaban J connectivity index is 2.17. The monoisotopic (exact) mass is 290 g/mol. The quantitative estimate of drug-likeness (QED) is 0.844. The number of aromatic nitrogens is 1. The van der Waals surface area contributed by atoms with Gasteiger partial charge in [-0.15, -0.1) is 0 Å². The Labute approximate surface area is 124 Å². The van der Waals surface area contributed by atoms with Crippen molar-refractivity contribution < 1.29 is 4.74 Å². The second-order valence-corrected chi connectivity index (χ2v) is 5.19. The van der Waals surface area contributed by atoms with Crippen LogP contribution in [0.25, 0.3) is 0 Å². The van der Waals surface area contributed by atoms with E-state index in [1.807, 2.05) is 32.0 Å². The number of anilines is 1. The molecule has 1 aromatic heterocycles. The van der Waals surface area contributed by atoms with Gasteiger partial charge >= 0.3 is 0 Å². The third kappa shape index (κ3) is 3.64. The second kappa shape index (κ2) is 6.62. The zero-order valence-corrected chi connectivity index (χ0v) is 12.8. The molecule has 20 heavy (non-hydrogen) atoms. The van der Waals surface area contributed by atoms with E-state index in [0.717, 1.165) is 40.6 Å². The number of aryl methyl sites for hydroxylation is 2. The number of nitrogens with zero attached hydrogens (tertiary/aromatic N) is 1. The SMILES string of the molecule is CCCNc1cncc(Oc2cc(C)c(Cl)c(C)c2)c1. The highest BCUT2D eigenvalue weighted by Crippen LogP contribution is 2.29. The fourth-order valence-corrected chi connectivity index (χ4v) is 2.05. The number of ether oxygens (including phenoxy) is 1. The number of hydrogen-bond donors (Lipinski definition) is 1. The van der Waals surface area contributed by atoms with E-state index in [4.69, 9.17) is 16.3 Å². The minimum Gasteiger partial charge on any atom is -0.456 e. The molecule has 0 aliphatic rings. The maximum atomic E-state index is 6.16. The molecule has 4 heteroatoms. The van der Waals surface area contributed by atoms with Crippen molar-refractivity contribution in [3.8, 4) is 11.5 Å². The fourth-order valence-electron chi connectivity index (χ4n) is 1.94. The molecular weight excluding hydrogens is 272 g/mol. The van der Waals surface area contributed by atoms with Gasteiger partial charge in [-0.2, -0.15) is 0 Å². The van der Waals surface area contributed by atoms with Crippen LogP contribution >= 0.6 is 11.6 Å². The molecule has 1 N–H and O–H groups in total. The predicted octanol–water partition coefficient (Wildman–Crippen LogP) is 4.97. The van der Waals surface area contributed by atoms with Crippen molar-refractivity contribution >= 4 is 17.3 Å². The van der Waals surface area contributed by atoms with Crippen molar-refractivity contribution in [3.05, 3.63) is 46.7 Å². The van der Waals surface area contributed by atoms with Gasteiger partial charge in [-0.25, -0.2) is 0 Å². The van der Waals surface area contributed by atoms with E-state index in [1.165, 1.54) is 0 Å². The van der Waals surface area contributed by atoms with E-state index >= 15 is 0 Å². The number of benzene rings is 1. The Morgan fingerprint density at radius 2 is 1.80 bits per heavy atom. The van der Waals surface area contributed by atoms with Crippen LogP contribution in [0.5, 0.6) is 11.5 Å². The first-order chi connectivity index (χ1) is 9.60. The summed E-state index contributed by atoms with van der Waals surface area (Å²) < 4.78 is 5.85. The van der Waals surface area contributed by atoms with Gasteiger partial charge in [0.05, 0.1) is 18.1 Å². The average molecular weight is 291 g/mol. The molecule has 0 amide bonds. The standard InChI is InChI=1S/C16H19ClN2O/c1-4-5-19-13-8-15(10-18-9-13)20-14-6-11(2)16(17)12(3)7-14/h6-10,19H,4-5H2,1-3H3. The molecule has 1 aromatic carbocycles. The Hall–Kier alpha value is -1.74. The lowest BCUT2D eigenvalue weighted by molar-refractivity contribution is 0.480. The molecule has 0 saturated carbocycles. The molecule has 0 aliphatic heterocycles. The van der Waals surface area contributed by atoms with E-state index in [-0.39, 0.29) is 0 Å². The molecule has 106 valence electrons. The van der Waals surface area contributed by atoms with Crippen LogP contribution in [0.15, 0.2) is 30.6 Å². The minimum atomic E-state index is 0.715. The summed E-state index contributed by atoms with van der Waals surface area (Å²) in [6.45, 7) is 6.99. The van der Waals surface area contributed by atoms with Crippen LogP contribution in [0.1, 0.15) is 24.5 Å². The molecule has 0 fully saturated rings. The number of pyridine rings is 1. The summed E-state index contributed by atoms with van der Waals surface area (Å²) >= 11 is 6.16. The maximum Gasteiger partial charge on any atom is 0.147 e. The molecule has 0 atom stereocenters. The van der Waals surface area contributed by atoms with Crippen LogP contribution in [0.3, 0.4) is 0 Å². The molecule has 0 bridgehead atoms. The first-order valence-corrected chi connectivity index (χ1v) is 7.11. The summed E-state index contributed by atoms with van der Waals surface area (Å²) in [6.07, 6.45) is 4.57. The fraction of sp³-hybridized carbons (Fsp3) is 0.312. The average Bonchev–Trinajstić information content (AvgIpc) is 2.43. The van der Waals surface area contributed by atoms with Crippen molar-refractivity contribution in [1.29, 1.82) is 0 Å². The van der Waals surface area contributed by atoms with Crippen LogP contribution in [0.4, 0.5) is 5.69 Å². The van der Waals surface area contributed by atoms with E-state index in [0.29, 0.717) is 5.75 Å². The molecule has 0 spiro atoms. The van der Waals surface area contributed by atoms with Gasteiger partial charge in [0.1, 0.15) is 11.5 Å². The summed E-state index contributed by atoms with van der Waals surface area (Å²) in [5, 5.41) is 4.07. The van der Waals surface area contributed by atoms with Crippen molar-refractivity contribution in [2.75, 3.05) is 11.9 Å². The van der Waals surface area contributed by atoms with Crippen molar-refractivity contribution in [3.63, 3.8) is 0 Å². The molecule has 2 rings (SSSR count). The summed E-state index contributed by atoms with van der Waals surface area (Å²) in [5.74, 6) is 1.49. The Kier molecular flexibility index (Phi) is 4.85. The van der Waals surface area contributed by atoms with Gasteiger partial charge in [-0.3, -0.25) is 4.98 Å². The first-order valence-electron chi connectivity index (χ1n) is 6.73. The highest BCUT2D eigenvalue weighted by atomic mass is 35.5. The topological polar surface area (TPSA) is 34.2 Å². The molecule has 3 nitrogen and oxygen atoms in total. The molecule has 1 heterocycles. The lowest BCUT2D eigenvalue weighted by Crippen LogP contribution is -2.00. The summed E-state index contributed by atoms with van der Waals surface area (Å²) in [5.41, 5.74) is 2.98. The van der Waals surface area contributed by atoms with Crippen molar-refractivity contribution in [2.24, 2.45) is 0 Å². The normalized spacial score (nSPS) is 10.4. The van der Waals surface area contributed by atoms with Gasteiger partial charge in [0.15, 0.2) is 0 Å².